The van der Waals surface area contributed by atoms with E-state index in [1.54, 1.807) is 0 Å². The highest BCUT2D eigenvalue weighted by molar-refractivity contribution is 9.10. The lowest BCUT2D eigenvalue weighted by Crippen LogP contribution is -2.09. The maximum Gasteiger partial charge on any atom is 0.309 e. The molecule has 0 radical (unpaired) electrons. The zero-order valence-electron chi connectivity index (χ0n) is 12.2. The number of hydrogen-bond donors (Lipinski definition) is 1. The van der Waals surface area contributed by atoms with Crippen LogP contribution >= 0.6 is 15.9 Å². The Morgan fingerprint density at radius 2 is 1.90 bits per heavy atom. The lowest BCUT2D eigenvalue weighted by Gasteiger charge is -2.13. The van der Waals surface area contributed by atoms with E-state index >= 15 is 0 Å². The van der Waals surface area contributed by atoms with Gasteiger partial charge in [0.15, 0.2) is 0 Å². The van der Waals surface area contributed by atoms with Crippen molar-refractivity contribution in [3.8, 4) is 0 Å². The van der Waals surface area contributed by atoms with E-state index in [-0.39, 0.29) is 5.97 Å². The molecule has 0 saturated carbocycles. The van der Waals surface area contributed by atoms with E-state index in [9.17, 15) is 4.79 Å². The second-order valence-electron chi connectivity index (χ2n) is 4.83. The van der Waals surface area contributed by atoms with Gasteiger partial charge in [-0.05, 0) is 35.7 Å². The van der Waals surface area contributed by atoms with E-state index in [1.807, 2.05) is 30.3 Å². The van der Waals surface area contributed by atoms with E-state index < -0.39 is 0 Å². The number of halogens is 1. The number of nitrogens with one attached hydrogen (secondary N) is 1. The molecule has 2 aromatic carbocycles. The summed E-state index contributed by atoms with van der Waals surface area (Å²) in [6.07, 6.45) is 0.297. The maximum atomic E-state index is 11.5. The van der Waals surface area contributed by atoms with Crippen LogP contribution in [-0.4, -0.2) is 13.1 Å². The van der Waals surface area contributed by atoms with Gasteiger partial charge in [-0.2, -0.15) is 0 Å². The molecular weight excluding hydrogens is 330 g/mol. The first-order valence-corrected chi connectivity index (χ1v) is 7.53. The molecule has 1 N–H and O–H groups in total. The van der Waals surface area contributed by atoms with E-state index in [4.69, 9.17) is 4.74 Å². The molecule has 0 atom stereocenters. The molecule has 110 valence electrons. The molecule has 0 heterocycles. The summed E-state index contributed by atoms with van der Waals surface area (Å²) in [6.45, 7) is 2.74. The first kappa shape index (κ1) is 15.6. The average molecular weight is 348 g/mol. The fourth-order valence-electron chi connectivity index (χ4n) is 2.11. The molecule has 2 rings (SSSR count). The molecule has 3 nitrogen and oxygen atoms in total. The molecular formula is C17H18BrNO2. The van der Waals surface area contributed by atoms with Gasteiger partial charge in [0.2, 0.25) is 0 Å². The van der Waals surface area contributed by atoms with Crippen molar-refractivity contribution >= 4 is 27.6 Å². The fraction of sp³-hybridized carbons (Fsp3) is 0.235. The van der Waals surface area contributed by atoms with Crippen molar-refractivity contribution in [3.05, 3.63) is 63.6 Å². The number of rotatable bonds is 5. The summed E-state index contributed by atoms with van der Waals surface area (Å²) in [5, 5.41) is 3.42. The van der Waals surface area contributed by atoms with Gasteiger partial charge in [0.1, 0.15) is 0 Å². The Labute approximate surface area is 133 Å². The third kappa shape index (κ3) is 4.33. The molecule has 0 aliphatic carbocycles. The van der Waals surface area contributed by atoms with Crippen LogP contribution in [0.2, 0.25) is 0 Å². The highest BCUT2D eigenvalue weighted by Crippen LogP contribution is 2.22. The molecule has 0 aromatic heterocycles. The summed E-state index contributed by atoms with van der Waals surface area (Å²) in [4.78, 5) is 11.5. The Hall–Kier alpha value is -1.81. The third-order valence-electron chi connectivity index (χ3n) is 3.35. The van der Waals surface area contributed by atoms with Gasteiger partial charge >= 0.3 is 5.97 Å². The lowest BCUT2D eigenvalue weighted by molar-refractivity contribution is -0.139. The van der Waals surface area contributed by atoms with E-state index in [0.717, 1.165) is 21.3 Å². The highest BCUT2D eigenvalue weighted by atomic mass is 79.9. The van der Waals surface area contributed by atoms with Crippen LogP contribution in [0.25, 0.3) is 0 Å². The van der Waals surface area contributed by atoms with Gasteiger partial charge in [-0.1, -0.05) is 46.3 Å². The second kappa shape index (κ2) is 7.27. The van der Waals surface area contributed by atoms with E-state index in [2.05, 4.69) is 40.3 Å². The highest BCUT2D eigenvalue weighted by Gasteiger charge is 2.08. The summed E-state index contributed by atoms with van der Waals surface area (Å²) >= 11 is 3.48. The number of benzene rings is 2. The van der Waals surface area contributed by atoms with Gasteiger partial charge in [0.05, 0.1) is 13.5 Å². The van der Waals surface area contributed by atoms with Gasteiger partial charge < -0.3 is 10.1 Å². The molecule has 4 heteroatoms. The number of methoxy groups -OCH3 is 1. The molecule has 0 unspecified atom stereocenters. The first-order valence-electron chi connectivity index (χ1n) is 6.74. The van der Waals surface area contributed by atoms with E-state index in [1.165, 1.54) is 12.7 Å². The number of esters is 1. The van der Waals surface area contributed by atoms with Crippen molar-refractivity contribution in [3.63, 3.8) is 0 Å². The largest absolute Gasteiger partial charge is 0.469 e. The van der Waals surface area contributed by atoms with Crippen LogP contribution in [0.15, 0.2) is 46.9 Å². The molecule has 0 amide bonds. The molecule has 0 bridgehead atoms. The quantitative estimate of drug-likeness (QED) is 0.828. The summed E-state index contributed by atoms with van der Waals surface area (Å²) in [5.74, 6) is -0.221. The Kier molecular flexibility index (Phi) is 5.39. The van der Waals surface area contributed by atoms with Gasteiger partial charge in [0, 0.05) is 16.7 Å². The SMILES string of the molecule is COC(=O)Cc1ccccc1CNc1cc(Br)ccc1C. The van der Waals surface area contributed by atoms with Crippen molar-refractivity contribution in [2.24, 2.45) is 0 Å². The number of carbonyl (C=O) groups excluding carboxylic acids is 1. The number of carbonyl (C=O) groups is 1. The van der Waals surface area contributed by atoms with Crippen LogP contribution in [-0.2, 0) is 22.5 Å². The van der Waals surface area contributed by atoms with Gasteiger partial charge in [0.25, 0.3) is 0 Å². The standard InChI is InChI=1S/C17H18BrNO2/c1-12-7-8-15(18)10-16(12)19-11-14-6-4-3-5-13(14)9-17(20)21-2/h3-8,10,19H,9,11H2,1-2H3. The minimum Gasteiger partial charge on any atom is -0.469 e. The second-order valence-corrected chi connectivity index (χ2v) is 5.75. The Morgan fingerprint density at radius 1 is 1.19 bits per heavy atom. The third-order valence-corrected chi connectivity index (χ3v) is 3.84. The van der Waals surface area contributed by atoms with Crippen LogP contribution in [0, 0.1) is 6.92 Å². The molecule has 0 saturated heterocycles. The predicted octanol–water partition coefficient (Wildman–Crippen LogP) is 4.09. The number of aryl methyl sites for hydroxylation is 1. The summed E-state index contributed by atoms with van der Waals surface area (Å²) in [5.41, 5.74) is 4.35. The lowest BCUT2D eigenvalue weighted by atomic mass is 10.0. The van der Waals surface area contributed by atoms with Crippen molar-refractivity contribution in [1.29, 1.82) is 0 Å². The monoisotopic (exact) mass is 347 g/mol. The Morgan fingerprint density at radius 3 is 2.62 bits per heavy atom. The predicted molar refractivity (Wildman–Crippen MR) is 88.4 cm³/mol. The molecule has 0 aliphatic rings. The first-order chi connectivity index (χ1) is 10.1. The van der Waals surface area contributed by atoms with Crippen LogP contribution in [0.1, 0.15) is 16.7 Å². The van der Waals surface area contributed by atoms with E-state index in [0.29, 0.717) is 13.0 Å². The fourth-order valence-corrected chi connectivity index (χ4v) is 2.47. The molecule has 0 fully saturated rings. The zero-order chi connectivity index (χ0) is 15.2. The average Bonchev–Trinajstić information content (AvgIpc) is 2.49. The smallest absolute Gasteiger partial charge is 0.309 e. The minimum absolute atomic E-state index is 0.221. The van der Waals surface area contributed by atoms with Crippen molar-refractivity contribution < 1.29 is 9.53 Å². The normalized spacial score (nSPS) is 10.2. The molecule has 0 aliphatic heterocycles. The van der Waals surface area contributed by atoms with Crippen LogP contribution < -0.4 is 5.32 Å². The van der Waals surface area contributed by atoms with Crippen molar-refractivity contribution in [2.75, 3.05) is 12.4 Å². The Balaban J connectivity index is 2.13. The van der Waals surface area contributed by atoms with Crippen LogP contribution in [0.4, 0.5) is 5.69 Å². The van der Waals surface area contributed by atoms with Crippen LogP contribution in [0.3, 0.4) is 0 Å². The molecule has 21 heavy (non-hydrogen) atoms. The topological polar surface area (TPSA) is 38.3 Å². The van der Waals surface area contributed by atoms with Crippen molar-refractivity contribution in [2.45, 2.75) is 19.9 Å². The molecule has 0 spiro atoms. The minimum atomic E-state index is -0.221. The van der Waals surface area contributed by atoms with Gasteiger partial charge in [-0.3, -0.25) is 4.79 Å². The number of anilines is 1. The van der Waals surface area contributed by atoms with Crippen molar-refractivity contribution in [1.82, 2.24) is 0 Å². The van der Waals surface area contributed by atoms with Gasteiger partial charge in [-0.15, -0.1) is 0 Å². The summed E-state index contributed by atoms with van der Waals surface area (Å²) in [6, 6.07) is 14.0. The Bertz CT molecular complexity index is 640. The number of hydrogen-bond acceptors (Lipinski definition) is 3. The maximum absolute atomic E-state index is 11.5. The summed E-state index contributed by atoms with van der Waals surface area (Å²) in [7, 11) is 1.41. The molecule has 2 aromatic rings. The summed E-state index contributed by atoms with van der Waals surface area (Å²) < 4.78 is 5.78. The van der Waals surface area contributed by atoms with Gasteiger partial charge in [-0.25, -0.2) is 0 Å². The zero-order valence-corrected chi connectivity index (χ0v) is 13.7. The number of ether oxygens (including phenoxy) is 1. The van der Waals surface area contributed by atoms with Crippen LogP contribution in [0.5, 0.6) is 0 Å².